The molecule has 4 nitrogen and oxygen atoms in total. The van der Waals surface area contributed by atoms with Gasteiger partial charge >= 0.3 is 5.97 Å². The SMILES string of the molecule is CCOCCN(C)CC1(C(=O)O)CCCCC1. The maximum atomic E-state index is 11.5. The van der Waals surface area contributed by atoms with E-state index in [2.05, 4.69) is 4.90 Å². The van der Waals surface area contributed by atoms with Crippen molar-refractivity contribution in [3.05, 3.63) is 0 Å². The summed E-state index contributed by atoms with van der Waals surface area (Å²) in [6.45, 7) is 4.83. The maximum Gasteiger partial charge on any atom is 0.310 e. The second-order valence-corrected chi connectivity index (χ2v) is 5.08. The van der Waals surface area contributed by atoms with E-state index in [1.165, 1.54) is 6.42 Å². The zero-order valence-electron chi connectivity index (χ0n) is 11.1. The van der Waals surface area contributed by atoms with Crippen LogP contribution >= 0.6 is 0 Å². The van der Waals surface area contributed by atoms with Crippen molar-refractivity contribution >= 4 is 5.97 Å². The molecule has 1 N–H and O–H groups in total. The fourth-order valence-electron chi connectivity index (χ4n) is 2.63. The van der Waals surface area contributed by atoms with Crippen LogP contribution in [0.25, 0.3) is 0 Å². The van der Waals surface area contributed by atoms with E-state index in [1.807, 2.05) is 14.0 Å². The van der Waals surface area contributed by atoms with Gasteiger partial charge in [0.05, 0.1) is 12.0 Å². The molecule has 100 valence electrons. The van der Waals surface area contributed by atoms with Crippen LogP contribution in [-0.4, -0.2) is 49.3 Å². The average molecular weight is 243 g/mol. The van der Waals surface area contributed by atoms with Crippen LogP contribution in [0.15, 0.2) is 0 Å². The number of aliphatic carboxylic acids is 1. The van der Waals surface area contributed by atoms with Crippen molar-refractivity contribution in [2.45, 2.75) is 39.0 Å². The smallest absolute Gasteiger partial charge is 0.310 e. The highest BCUT2D eigenvalue weighted by atomic mass is 16.5. The molecule has 17 heavy (non-hydrogen) atoms. The number of hydrogen-bond acceptors (Lipinski definition) is 3. The summed E-state index contributed by atoms with van der Waals surface area (Å²) in [5.74, 6) is -0.625. The lowest BCUT2D eigenvalue weighted by Gasteiger charge is -2.36. The lowest BCUT2D eigenvalue weighted by molar-refractivity contribution is -0.152. The molecule has 1 saturated carbocycles. The van der Waals surface area contributed by atoms with Crippen LogP contribution in [0, 0.1) is 5.41 Å². The highest BCUT2D eigenvalue weighted by molar-refractivity contribution is 5.75. The van der Waals surface area contributed by atoms with E-state index in [0.717, 1.165) is 38.8 Å². The third kappa shape index (κ3) is 4.28. The number of hydrogen-bond donors (Lipinski definition) is 1. The normalized spacial score (nSPS) is 19.5. The van der Waals surface area contributed by atoms with Gasteiger partial charge in [-0.1, -0.05) is 19.3 Å². The molecule has 0 aliphatic heterocycles. The van der Waals surface area contributed by atoms with E-state index in [0.29, 0.717) is 13.2 Å². The van der Waals surface area contributed by atoms with E-state index in [9.17, 15) is 9.90 Å². The van der Waals surface area contributed by atoms with Crippen molar-refractivity contribution in [1.82, 2.24) is 4.90 Å². The fourth-order valence-corrected chi connectivity index (χ4v) is 2.63. The minimum atomic E-state index is -0.625. The zero-order chi connectivity index (χ0) is 12.7. The van der Waals surface area contributed by atoms with Gasteiger partial charge < -0.3 is 14.7 Å². The summed E-state index contributed by atoms with van der Waals surface area (Å²) in [6, 6.07) is 0. The van der Waals surface area contributed by atoms with Crippen LogP contribution < -0.4 is 0 Å². The molecule has 0 aromatic heterocycles. The quantitative estimate of drug-likeness (QED) is 0.695. The third-order valence-electron chi connectivity index (χ3n) is 3.66. The molecule has 0 aromatic carbocycles. The van der Waals surface area contributed by atoms with Crippen LogP contribution in [-0.2, 0) is 9.53 Å². The molecule has 0 aromatic rings. The summed E-state index contributed by atoms with van der Waals surface area (Å²) >= 11 is 0. The Morgan fingerprint density at radius 3 is 2.53 bits per heavy atom. The summed E-state index contributed by atoms with van der Waals surface area (Å²) in [5, 5.41) is 9.45. The molecule has 0 amide bonds. The van der Waals surface area contributed by atoms with Gasteiger partial charge in [-0.15, -0.1) is 0 Å². The summed E-state index contributed by atoms with van der Waals surface area (Å²) < 4.78 is 5.30. The second-order valence-electron chi connectivity index (χ2n) is 5.08. The Hall–Kier alpha value is -0.610. The van der Waals surface area contributed by atoms with Crippen molar-refractivity contribution in [1.29, 1.82) is 0 Å². The van der Waals surface area contributed by atoms with Crippen molar-refractivity contribution in [2.24, 2.45) is 5.41 Å². The topological polar surface area (TPSA) is 49.8 Å². The molecule has 1 fully saturated rings. The van der Waals surface area contributed by atoms with Crippen molar-refractivity contribution in [3.8, 4) is 0 Å². The van der Waals surface area contributed by atoms with Gasteiger partial charge in [0.1, 0.15) is 0 Å². The molecule has 0 heterocycles. The van der Waals surface area contributed by atoms with E-state index in [1.54, 1.807) is 0 Å². The molecule has 0 radical (unpaired) electrons. The van der Waals surface area contributed by atoms with Crippen molar-refractivity contribution in [3.63, 3.8) is 0 Å². The minimum absolute atomic E-state index is 0.515. The number of rotatable bonds is 7. The Bertz CT molecular complexity index is 237. The van der Waals surface area contributed by atoms with Gasteiger partial charge in [0.25, 0.3) is 0 Å². The van der Waals surface area contributed by atoms with Crippen molar-refractivity contribution in [2.75, 3.05) is 33.4 Å². The minimum Gasteiger partial charge on any atom is -0.481 e. The molecule has 0 unspecified atom stereocenters. The third-order valence-corrected chi connectivity index (χ3v) is 3.66. The molecule has 0 atom stereocenters. The molecule has 1 aliphatic carbocycles. The van der Waals surface area contributed by atoms with Crippen LogP contribution in [0.3, 0.4) is 0 Å². The summed E-state index contributed by atoms with van der Waals surface area (Å²) in [5.41, 5.74) is -0.515. The highest BCUT2D eigenvalue weighted by Crippen LogP contribution is 2.37. The molecule has 1 aliphatic rings. The fraction of sp³-hybridized carbons (Fsp3) is 0.923. The van der Waals surface area contributed by atoms with Gasteiger partial charge in [-0.3, -0.25) is 4.79 Å². The number of carboxylic acids is 1. The molecule has 0 bridgehead atoms. The monoisotopic (exact) mass is 243 g/mol. The zero-order valence-corrected chi connectivity index (χ0v) is 11.1. The number of likely N-dealkylation sites (N-methyl/N-ethyl adjacent to an activating group) is 1. The first-order valence-corrected chi connectivity index (χ1v) is 6.60. The highest BCUT2D eigenvalue weighted by Gasteiger charge is 2.40. The number of carboxylic acid groups (broad SMARTS) is 1. The van der Waals surface area contributed by atoms with Gasteiger partial charge in [-0.25, -0.2) is 0 Å². The molecule has 4 heteroatoms. The van der Waals surface area contributed by atoms with E-state index in [-0.39, 0.29) is 0 Å². The van der Waals surface area contributed by atoms with Crippen molar-refractivity contribution < 1.29 is 14.6 Å². The summed E-state index contributed by atoms with van der Waals surface area (Å²) in [6.07, 6.45) is 4.91. The first-order valence-electron chi connectivity index (χ1n) is 6.60. The molecular formula is C13H25NO3. The van der Waals surface area contributed by atoms with E-state index in [4.69, 9.17) is 4.74 Å². The van der Waals surface area contributed by atoms with E-state index < -0.39 is 11.4 Å². The number of nitrogens with zero attached hydrogens (tertiary/aromatic N) is 1. The lowest BCUT2D eigenvalue weighted by atomic mass is 9.74. The Kier molecular flexibility index (Phi) is 5.92. The van der Waals surface area contributed by atoms with Gasteiger partial charge in [0, 0.05) is 19.7 Å². The van der Waals surface area contributed by atoms with Gasteiger partial charge in [-0.2, -0.15) is 0 Å². The Morgan fingerprint density at radius 1 is 1.35 bits per heavy atom. The Balaban J connectivity index is 2.45. The first kappa shape index (κ1) is 14.5. The lowest BCUT2D eigenvalue weighted by Crippen LogP contribution is -2.44. The van der Waals surface area contributed by atoms with Gasteiger partial charge in [-0.05, 0) is 26.8 Å². The number of ether oxygens (including phenoxy) is 1. The molecular weight excluding hydrogens is 218 g/mol. The number of carbonyl (C=O) groups is 1. The Labute approximate surface area is 104 Å². The second kappa shape index (κ2) is 6.97. The standard InChI is InChI=1S/C13H25NO3/c1-3-17-10-9-14(2)11-13(12(15)16)7-5-4-6-8-13/h3-11H2,1-2H3,(H,15,16). The van der Waals surface area contributed by atoms with Crippen LogP contribution in [0.4, 0.5) is 0 Å². The predicted molar refractivity (Wildman–Crippen MR) is 67.1 cm³/mol. The maximum absolute atomic E-state index is 11.5. The van der Waals surface area contributed by atoms with Gasteiger partial charge in [0.15, 0.2) is 0 Å². The van der Waals surface area contributed by atoms with Crippen LogP contribution in [0.1, 0.15) is 39.0 Å². The molecule has 1 rings (SSSR count). The van der Waals surface area contributed by atoms with E-state index >= 15 is 0 Å². The summed E-state index contributed by atoms with van der Waals surface area (Å²) in [7, 11) is 1.98. The largest absolute Gasteiger partial charge is 0.481 e. The molecule has 0 saturated heterocycles. The average Bonchev–Trinajstić information content (AvgIpc) is 2.30. The predicted octanol–water partition coefficient (Wildman–Crippen LogP) is 1.99. The summed E-state index contributed by atoms with van der Waals surface area (Å²) in [4.78, 5) is 13.6. The Morgan fingerprint density at radius 2 is 2.00 bits per heavy atom. The van der Waals surface area contributed by atoms with Crippen LogP contribution in [0.5, 0.6) is 0 Å². The van der Waals surface area contributed by atoms with Gasteiger partial charge in [0.2, 0.25) is 0 Å². The molecule has 0 spiro atoms. The van der Waals surface area contributed by atoms with Crippen LogP contribution in [0.2, 0.25) is 0 Å². The first-order chi connectivity index (χ1) is 8.10.